The molecule has 0 aliphatic rings. The van der Waals surface area contributed by atoms with Crippen LogP contribution in [0.5, 0.6) is 5.75 Å². The van der Waals surface area contributed by atoms with Gasteiger partial charge in [-0.2, -0.15) is 0 Å². The van der Waals surface area contributed by atoms with Crippen LogP contribution in [-0.2, 0) is 6.54 Å². The van der Waals surface area contributed by atoms with Crippen molar-refractivity contribution in [3.05, 3.63) is 119 Å². The van der Waals surface area contributed by atoms with Crippen molar-refractivity contribution in [1.29, 1.82) is 0 Å². The highest BCUT2D eigenvalue weighted by molar-refractivity contribution is 7.17. The average molecular weight is 507 g/mol. The van der Waals surface area contributed by atoms with E-state index in [2.05, 4.69) is 5.32 Å². The number of hydrogen-bond donors (Lipinski definition) is 1. The number of ketones is 1. The van der Waals surface area contributed by atoms with Crippen LogP contribution in [0.1, 0.15) is 32.2 Å². The predicted octanol–water partition coefficient (Wildman–Crippen LogP) is 6.99. The smallest absolute Gasteiger partial charge is 0.272 e. The monoisotopic (exact) mass is 506 g/mol. The number of thiophene rings is 1. The maximum atomic E-state index is 13.7. The zero-order valence-electron chi connectivity index (χ0n) is 19.9. The number of ether oxygens (including phenoxy) is 1. The summed E-state index contributed by atoms with van der Waals surface area (Å²) in [4.78, 5) is 27.3. The van der Waals surface area contributed by atoms with Gasteiger partial charge in [0, 0.05) is 17.5 Å². The molecule has 37 heavy (non-hydrogen) atoms. The molecule has 0 saturated heterocycles. The van der Waals surface area contributed by atoms with Gasteiger partial charge in [0.15, 0.2) is 5.76 Å². The molecule has 0 spiro atoms. The first kappa shape index (κ1) is 22.8. The number of amides is 1. The Balaban J connectivity index is 1.41. The molecule has 1 N–H and O–H groups in total. The van der Waals surface area contributed by atoms with Crippen molar-refractivity contribution in [2.24, 2.45) is 0 Å². The number of carbonyl (C=O) groups excluding carboxylic acids is 2. The Bertz CT molecular complexity index is 1760. The summed E-state index contributed by atoms with van der Waals surface area (Å²) in [5.74, 6) is -0.0197. The minimum atomic E-state index is -0.342. The first-order valence-corrected chi connectivity index (χ1v) is 12.6. The van der Waals surface area contributed by atoms with E-state index in [0.717, 1.165) is 15.8 Å². The summed E-state index contributed by atoms with van der Waals surface area (Å²) in [6.45, 7) is 0.547. The molecule has 0 unspecified atom stereocenters. The third kappa shape index (κ3) is 4.19. The summed E-state index contributed by atoms with van der Waals surface area (Å²) in [6, 6.07) is 28.1. The molecule has 3 aromatic carbocycles. The van der Waals surface area contributed by atoms with Gasteiger partial charge in [0.1, 0.15) is 17.0 Å². The van der Waals surface area contributed by atoms with E-state index in [1.54, 1.807) is 48.8 Å². The van der Waals surface area contributed by atoms with Crippen LogP contribution in [0.15, 0.2) is 101 Å². The standard InChI is InChI=1S/C30H22N2O4S/c1-35-21-11-7-10-20(16-21)28(33)29-27(22-12-5-6-13-25(22)36-29)31-30(34)24-17-26-23(14-15-37-26)32(24)18-19-8-3-2-4-9-19/h2-17H,18H2,1H3,(H,31,34). The highest BCUT2D eigenvalue weighted by atomic mass is 32.1. The third-order valence-corrected chi connectivity index (χ3v) is 7.16. The largest absolute Gasteiger partial charge is 0.497 e. The summed E-state index contributed by atoms with van der Waals surface area (Å²) >= 11 is 1.58. The zero-order chi connectivity index (χ0) is 25.4. The van der Waals surface area contributed by atoms with Crippen LogP contribution in [-0.4, -0.2) is 23.4 Å². The molecule has 0 saturated carbocycles. The number of benzene rings is 3. The number of methoxy groups -OCH3 is 1. The Morgan fingerprint density at radius 1 is 0.946 bits per heavy atom. The lowest BCUT2D eigenvalue weighted by molar-refractivity contribution is 0.101. The number of anilines is 1. The molecule has 0 bridgehead atoms. The minimum absolute atomic E-state index is 0.0748. The van der Waals surface area contributed by atoms with Crippen LogP contribution in [0.25, 0.3) is 21.2 Å². The lowest BCUT2D eigenvalue weighted by Crippen LogP contribution is -2.19. The second kappa shape index (κ2) is 9.44. The number of hydrogen-bond acceptors (Lipinski definition) is 5. The van der Waals surface area contributed by atoms with E-state index in [0.29, 0.717) is 40.2 Å². The van der Waals surface area contributed by atoms with Crippen LogP contribution >= 0.6 is 11.3 Å². The number of carbonyl (C=O) groups is 2. The number of fused-ring (bicyclic) bond motifs is 2. The zero-order valence-corrected chi connectivity index (χ0v) is 20.7. The number of nitrogens with zero attached hydrogens (tertiary/aromatic N) is 1. The molecule has 6 aromatic rings. The Morgan fingerprint density at radius 3 is 2.59 bits per heavy atom. The summed E-state index contributed by atoms with van der Waals surface area (Å²) in [7, 11) is 1.55. The normalized spacial score (nSPS) is 11.2. The van der Waals surface area contributed by atoms with Crippen LogP contribution in [0.2, 0.25) is 0 Å². The fourth-order valence-corrected chi connectivity index (χ4v) is 5.33. The second-order valence-electron chi connectivity index (χ2n) is 8.59. The first-order valence-electron chi connectivity index (χ1n) is 11.7. The SMILES string of the molecule is COc1cccc(C(=O)c2oc3ccccc3c2NC(=O)c2cc3sccc3n2Cc2ccccc2)c1. The third-order valence-electron chi connectivity index (χ3n) is 6.31. The molecule has 6 nitrogen and oxygen atoms in total. The predicted molar refractivity (Wildman–Crippen MR) is 146 cm³/mol. The van der Waals surface area contributed by atoms with Crippen molar-refractivity contribution in [1.82, 2.24) is 4.57 Å². The van der Waals surface area contributed by atoms with Gasteiger partial charge in [-0.25, -0.2) is 0 Å². The van der Waals surface area contributed by atoms with E-state index in [-0.39, 0.29) is 17.5 Å². The van der Waals surface area contributed by atoms with E-state index in [9.17, 15) is 9.59 Å². The van der Waals surface area contributed by atoms with Crippen molar-refractivity contribution in [3.8, 4) is 5.75 Å². The molecule has 3 heterocycles. The number of furan rings is 1. The number of nitrogens with one attached hydrogen (secondary N) is 1. The van der Waals surface area contributed by atoms with Gasteiger partial charge in [-0.15, -0.1) is 11.3 Å². The molecule has 3 aromatic heterocycles. The lowest BCUT2D eigenvalue weighted by Gasteiger charge is -2.11. The van der Waals surface area contributed by atoms with Gasteiger partial charge in [0.2, 0.25) is 5.78 Å². The van der Waals surface area contributed by atoms with E-state index < -0.39 is 0 Å². The summed E-state index contributed by atoms with van der Waals surface area (Å²) in [6.07, 6.45) is 0. The van der Waals surface area contributed by atoms with Crippen LogP contribution in [0, 0.1) is 0 Å². The van der Waals surface area contributed by atoms with Crippen LogP contribution in [0.3, 0.4) is 0 Å². The van der Waals surface area contributed by atoms with Gasteiger partial charge in [-0.05, 0) is 47.3 Å². The highest BCUT2D eigenvalue weighted by Gasteiger charge is 2.25. The summed E-state index contributed by atoms with van der Waals surface area (Å²) < 4.78 is 14.3. The molecule has 0 aliphatic heterocycles. The van der Waals surface area contributed by atoms with Crippen LogP contribution < -0.4 is 10.1 Å². The second-order valence-corrected chi connectivity index (χ2v) is 9.54. The molecular weight excluding hydrogens is 484 g/mol. The van der Waals surface area contributed by atoms with Gasteiger partial charge in [-0.1, -0.05) is 54.6 Å². The van der Waals surface area contributed by atoms with Crippen molar-refractivity contribution in [3.63, 3.8) is 0 Å². The van der Waals surface area contributed by atoms with Crippen molar-refractivity contribution < 1.29 is 18.7 Å². The first-order chi connectivity index (χ1) is 18.1. The van der Waals surface area contributed by atoms with E-state index in [1.807, 2.05) is 70.6 Å². The fourth-order valence-electron chi connectivity index (χ4n) is 4.50. The summed E-state index contributed by atoms with van der Waals surface area (Å²) in [5.41, 5.74) is 3.86. The van der Waals surface area contributed by atoms with Gasteiger partial charge in [0.05, 0.1) is 23.0 Å². The molecule has 0 atom stereocenters. The number of para-hydroxylation sites is 1. The molecule has 0 aliphatic carbocycles. The summed E-state index contributed by atoms with van der Waals surface area (Å²) in [5, 5.41) is 5.68. The van der Waals surface area contributed by atoms with Gasteiger partial charge >= 0.3 is 0 Å². The fraction of sp³-hybridized carbons (Fsp3) is 0.0667. The Hall–Kier alpha value is -4.62. The molecule has 1 amide bonds. The molecular formula is C30H22N2O4S. The van der Waals surface area contributed by atoms with Crippen molar-refractivity contribution >= 4 is 49.9 Å². The maximum Gasteiger partial charge on any atom is 0.272 e. The quantitative estimate of drug-likeness (QED) is 0.237. The van der Waals surface area contributed by atoms with E-state index >= 15 is 0 Å². The molecule has 7 heteroatoms. The van der Waals surface area contributed by atoms with Crippen molar-refractivity contribution in [2.45, 2.75) is 6.54 Å². The maximum absolute atomic E-state index is 13.7. The van der Waals surface area contributed by atoms with Gasteiger partial charge in [0.25, 0.3) is 5.91 Å². The highest BCUT2D eigenvalue weighted by Crippen LogP contribution is 2.34. The minimum Gasteiger partial charge on any atom is -0.497 e. The van der Waals surface area contributed by atoms with E-state index in [1.165, 1.54) is 0 Å². The Morgan fingerprint density at radius 2 is 1.76 bits per heavy atom. The molecule has 182 valence electrons. The molecule has 0 radical (unpaired) electrons. The number of aromatic nitrogens is 1. The van der Waals surface area contributed by atoms with Gasteiger partial charge in [-0.3, -0.25) is 9.59 Å². The lowest BCUT2D eigenvalue weighted by atomic mass is 10.1. The number of rotatable bonds is 7. The Kier molecular flexibility index (Phi) is 5.82. The van der Waals surface area contributed by atoms with Gasteiger partial charge < -0.3 is 19.0 Å². The average Bonchev–Trinajstić information content (AvgIpc) is 3.63. The molecule has 0 fully saturated rings. The molecule has 6 rings (SSSR count). The Labute approximate surface area is 216 Å². The van der Waals surface area contributed by atoms with Crippen LogP contribution in [0.4, 0.5) is 5.69 Å². The van der Waals surface area contributed by atoms with Crippen molar-refractivity contribution in [2.75, 3.05) is 12.4 Å². The topological polar surface area (TPSA) is 73.5 Å². The van der Waals surface area contributed by atoms with E-state index in [4.69, 9.17) is 9.15 Å².